The van der Waals surface area contributed by atoms with Crippen molar-refractivity contribution in [2.24, 2.45) is 5.92 Å². The predicted octanol–water partition coefficient (Wildman–Crippen LogP) is 5.11. The molecule has 2 N–H and O–H groups in total. The molecule has 0 amide bonds. The van der Waals surface area contributed by atoms with Crippen LogP contribution in [0.15, 0.2) is 83.8 Å². The van der Waals surface area contributed by atoms with E-state index in [9.17, 15) is 13.2 Å². The number of hydrogen-bond acceptors (Lipinski definition) is 6. The number of ether oxygens (including phenoxy) is 2. The van der Waals surface area contributed by atoms with Gasteiger partial charge in [-0.15, -0.1) is 0 Å². The van der Waals surface area contributed by atoms with E-state index in [1.54, 1.807) is 48.5 Å². The number of carbonyl (C=O) groups is 1. The van der Waals surface area contributed by atoms with Gasteiger partial charge in [0.15, 0.2) is 0 Å². The van der Waals surface area contributed by atoms with Crippen LogP contribution in [0.2, 0.25) is 0 Å². The molecular weight excluding hydrogens is 464 g/mol. The van der Waals surface area contributed by atoms with Gasteiger partial charge in [0, 0.05) is 17.7 Å². The molecule has 0 saturated carbocycles. The fraction of sp³-hybridized carbons (Fsp3) is 0.222. The Kier molecular flexibility index (Phi) is 5.98. The number of anilines is 2. The van der Waals surface area contributed by atoms with Gasteiger partial charge in [-0.25, -0.2) is 13.2 Å². The van der Waals surface area contributed by atoms with Crippen molar-refractivity contribution in [2.75, 3.05) is 24.3 Å². The Morgan fingerprint density at radius 2 is 1.83 bits per heavy atom. The molecule has 3 atom stereocenters. The first-order valence-electron chi connectivity index (χ1n) is 11.3. The Hall–Kier alpha value is -3.78. The number of methoxy groups -OCH3 is 2. The number of nitrogens with one attached hydrogen (secondary N) is 2. The van der Waals surface area contributed by atoms with Crippen LogP contribution in [-0.4, -0.2) is 28.6 Å². The second kappa shape index (κ2) is 9.11. The third kappa shape index (κ3) is 4.37. The topological polar surface area (TPSA) is 93.7 Å². The zero-order valence-corrected chi connectivity index (χ0v) is 20.2. The third-order valence-corrected chi connectivity index (χ3v) is 8.04. The van der Waals surface area contributed by atoms with Crippen LogP contribution in [0.25, 0.3) is 0 Å². The molecule has 3 aromatic carbocycles. The smallest absolute Gasteiger partial charge is 0.337 e. The SMILES string of the molecule is COC(=O)c1ccc([C@H]2Nc3ccc(S(=O)(=O)Nc4cccc(OC)c4)cc3[C@H]3C=CC[C@H]32)cc1. The molecule has 0 unspecified atom stereocenters. The van der Waals surface area contributed by atoms with Crippen LogP contribution in [0, 0.1) is 5.92 Å². The largest absolute Gasteiger partial charge is 0.497 e. The summed E-state index contributed by atoms with van der Waals surface area (Å²) < 4.78 is 38.9. The third-order valence-electron chi connectivity index (χ3n) is 6.66. The molecule has 35 heavy (non-hydrogen) atoms. The molecule has 3 aromatic rings. The van der Waals surface area contributed by atoms with E-state index in [0.717, 1.165) is 23.2 Å². The van der Waals surface area contributed by atoms with Gasteiger partial charge in [0.25, 0.3) is 10.0 Å². The van der Waals surface area contributed by atoms with Crippen molar-refractivity contribution in [1.29, 1.82) is 0 Å². The van der Waals surface area contributed by atoms with Gasteiger partial charge in [-0.2, -0.15) is 0 Å². The van der Waals surface area contributed by atoms with Gasteiger partial charge in [0.2, 0.25) is 0 Å². The number of carbonyl (C=O) groups excluding carboxylic acids is 1. The van der Waals surface area contributed by atoms with E-state index in [4.69, 9.17) is 9.47 Å². The molecule has 1 heterocycles. The van der Waals surface area contributed by atoms with Gasteiger partial charge >= 0.3 is 5.97 Å². The van der Waals surface area contributed by atoms with E-state index in [0.29, 0.717) is 17.0 Å². The molecule has 0 saturated heterocycles. The van der Waals surface area contributed by atoms with Gasteiger partial charge in [0.05, 0.1) is 36.4 Å². The minimum Gasteiger partial charge on any atom is -0.497 e. The van der Waals surface area contributed by atoms with E-state index in [1.165, 1.54) is 14.2 Å². The Labute approximate surface area is 204 Å². The first-order chi connectivity index (χ1) is 16.9. The van der Waals surface area contributed by atoms with Crippen molar-refractivity contribution >= 4 is 27.4 Å². The van der Waals surface area contributed by atoms with Gasteiger partial charge < -0.3 is 14.8 Å². The van der Waals surface area contributed by atoms with Crippen molar-refractivity contribution in [3.05, 3.63) is 95.6 Å². The van der Waals surface area contributed by atoms with Crippen LogP contribution in [-0.2, 0) is 14.8 Å². The Morgan fingerprint density at radius 1 is 1.03 bits per heavy atom. The number of sulfonamides is 1. The average Bonchev–Trinajstić information content (AvgIpc) is 3.38. The van der Waals surface area contributed by atoms with Crippen molar-refractivity contribution in [3.8, 4) is 5.75 Å². The summed E-state index contributed by atoms with van der Waals surface area (Å²) in [5.41, 5.74) is 3.87. The van der Waals surface area contributed by atoms with Crippen molar-refractivity contribution in [1.82, 2.24) is 0 Å². The lowest BCUT2D eigenvalue weighted by molar-refractivity contribution is 0.0600. The van der Waals surface area contributed by atoms with Crippen molar-refractivity contribution in [3.63, 3.8) is 0 Å². The van der Waals surface area contributed by atoms with Gasteiger partial charge in [0.1, 0.15) is 5.75 Å². The number of rotatable bonds is 6. The number of esters is 1. The minimum absolute atomic E-state index is 0.0339. The maximum Gasteiger partial charge on any atom is 0.337 e. The molecule has 8 heteroatoms. The molecule has 180 valence electrons. The molecular formula is C27H26N2O5S. The highest BCUT2D eigenvalue weighted by Crippen LogP contribution is 2.50. The van der Waals surface area contributed by atoms with Crippen LogP contribution in [0.5, 0.6) is 5.75 Å². The fourth-order valence-corrected chi connectivity index (χ4v) is 6.00. The summed E-state index contributed by atoms with van der Waals surface area (Å²) in [5, 5.41) is 3.60. The maximum atomic E-state index is 13.1. The molecule has 0 bridgehead atoms. The lowest BCUT2D eigenvalue weighted by Crippen LogP contribution is -2.29. The van der Waals surface area contributed by atoms with Crippen LogP contribution in [0.4, 0.5) is 11.4 Å². The molecule has 0 fully saturated rings. The minimum atomic E-state index is -3.78. The second-order valence-corrected chi connectivity index (χ2v) is 10.4. The monoisotopic (exact) mass is 490 g/mol. The van der Waals surface area contributed by atoms with E-state index in [2.05, 4.69) is 22.2 Å². The molecule has 0 aromatic heterocycles. The van der Waals surface area contributed by atoms with Crippen LogP contribution in [0.3, 0.4) is 0 Å². The highest BCUT2D eigenvalue weighted by atomic mass is 32.2. The molecule has 0 radical (unpaired) electrons. The Bertz CT molecular complexity index is 1400. The highest BCUT2D eigenvalue weighted by molar-refractivity contribution is 7.92. The predicted molar refractivity (Wildman–Crippen MR) is 134 cm³/mol. The Balaban J connectivity index is 1.44. The van der Waals surface area contributed by atoms with Crippen LogP contribution < -0.4 is 14.8 Å². The van der Waals surface area contributed by atoms with E-state index >= 15 is 0 Å². The van der Waals surface area contributed by atoms with Crippen LogP contribution in [0.1, 0.15) is 39.9 Å². The molecule has 0 spiro atoms. The standard InChI is InChI=1S/C27H26N2O5S/c1-33-20-6-3-5-19(15-20)29-35(31,32)21-13-14-25-24(16-21)22-7-4-8-23(22)26(28-25)17-9-11-18(12-10-17)27(30)34-2/h3-7,9-16,22-23,26,28-29H,8H2,1-2H3/t22-,23+,26+/m0/s1. The maximum absolute atomic E-state index is 13.1. The lowest BCUT2D eigenvalue weighted by Gasteiger charge is -2.37. The van der Waals surface area contributed by atoms with Gasteiger partial charge in [-0.3, -0.25) is 4.72 Å². The molecule has 5 rings (SSSR count). The zero-order chi connectivity index (χ0) is 24.6. The van der Waals surface area contributed by atoms with E-state index in [1.807, 2.05) is 18.2 Å². The first kappa shape index (κ1) is 23.0. The molecule has 1 aliphatic carbocycles. The van der Waals surface area contributed by atoms with E-state index < -0.39 is 10.0 Å². The molecule has 7 nitrogen and oxygen atoms in total. The summed E-state index contributed by atoms with van der Waals surface area (Å²) in [5.74, 6) is 0.527. The average molecular weight is 491 g/mol. The normalized spacial score (nSPS) is 20.3. The second-order valence-electron chi connectivity index (χ2n) is 8.68. The van der Waals surface area contributed by atoms with Gasteiger partial charge in [-0.05, 0) is 65.9 Å². The summed E-state index contributed by atoms with van der Waals surface area (Å²) in [4.78, 5) is 12.0. The highest BCUT2D eigenvalue weighted by Gasteiger charge is 2.38. The summed E-state index contributed by atoms with van der Waals surface area (Å²) in [7, 11) is -0.878. The summed E-state index contributed by atoms with van der Waals surface area (Å²) >= 11 is 0. The number of hydrogen-bond donors (Lipinski definition) is 2. The first-order valence-corrected chi connectivity index (χ1v) is 12.8. The lowest BCUT2D eigenvalue weighted by atomic mass is 9.77. The number of fused-ring (bicyclic) bond motifs is 3. The van der Waals surface area contributed by atoms with Gasteiger partial charge in [-0.1, -0.05) is 30.4 Å². The van der Waals surface area contributed by atoms with E-state index in [-0.39, 0.29) is 28.7 Å². The van der Waals surface area contributed by atoms with Crippen LogP contribution >= 0.6 is 0 Å². The molecule has 1 aliphatic heterocycles. The Morgan fingerprint density at radius 3 is 2.57 bits per heavy atom. The summed E-state index contributed by atoms with van der Waals surface area (Å²) in [6.07, 6.45) is 5.18. The fourth-order valence-electron chi connectivity index (χ4n) is 4.91. The summed E-state index contributed by atoms with van der Waals surface area (Å²) in [6.45, 7) is 0. The number of allylic oxidation sites excluding steroid dienone is 2. The quantitative estimate of drug-likeness (QED) is 0.368. The van der Waals surface area contributed by atoms with Crippen molar-refractivity contribution in [2.45, 2.75) is 23.3 Å². The molecule has 2 aliphatic rings. The zero-order valence-electron chi connectivity index (χ0n) is 19.4. The summed E-state index contributed by atoms with van der Waals surface area (Å²) in [6, 6.07) is 19.5. The number of benzene rings is 3. The van der Waals surface area contributed by atoms with Crippen molar-refractivity contribution < 1.29 is 22.7 Å².